The highest BCUT2D eigenvalue weighted by molar-refractivity contribution is 5.90. The Balaban J connectivity index is 2.06. The molecule has 0 bridgehead atoms. The summed E-state index contributed by atoms with van der Waals surface area (Å²) in [6.07, 6.45) is 5.30. The summed E-state index contributed by atoms with van der Waals surface area (Å²) in [6.45, 7) is 1.75. The van der Waals surface area contributed by atoms with Gasteiger partial charge in [-0.3, -0.25) is 0 Å². The first kappa shape index (κ1) is 13.4. The van der Waals surface area contributed by atoms with E-state index in [4.69, 9.17) is 0 Å². The SMILES string of the molecule is CN(C)CCc1cn(CC2CC2)c2c(F)ccc(O)c12. The lowest BCUT2D eigenvalue weighted by atomic mass is 10.1. The third kappa shape index (κ3) is 2.52. The maximum Gasteiger partial charge on any atom is 0.147 e. The highest BCUT2D eigenvalue weighted by Gasteiger charge is 2.24. The van der Waals surface area contributed by atoms with Crippen molar-refractivity contribution in [3.8, 4) is 5.75 Å². The van der Waals surface area contributed by atoms with Gasteiger partial charge in [0, 0.05) is 24.7 Å². The van der Waals surface area contributed by atoms with Crippen LogP contribution in [-0.4, -0.2) is 35.2 Å². The predicted molar refractivity (Wildman–Crippen MR) is 78.5 cm³/mol. The Kier molecular flexibility index (Phi) is 3.42. The normalized spacial score (nSPS) is 15.4. The van der Waals surface area contributed by atoms with Crippen molar-refractivity contribution in [2.24, 2.45) is 5.92 Å². The molecule has 3 nitrogen and oxygen atoms in total. The standard InChI is InChI=1S/C16H21FN2O/c1-18(2)8-7-12-10-19(9-11-3-4-11)16-13(17)5-6-14(20)15(12)16/h5-6,10-11,20H,3-4,7-9H2,1-2H3. The average Bonchev–Trinajstić information content (AvgIpc) is 3.12. The van der Waals surface area contributed by atoms with Gasteiger partial charge in [-0.25, -0.2) is 4.39 Å². The van der Waals surface area contributed by atoms with E-state index in [1.807, 2.05) is 24.9 Å². The number of hydrogen-bond donors (Lipinski definition) is 1. The lowest BCUT2D eigenvalue weighted by Gasteiger charge is -2.08. The predicted octanol–water partition coefficient (Wildman–Crippen LogP) is 3.00. The van der Waals surface area contributed by atoms with E-state index in [2.05, 4.69) is 4.90 Å². The fourth-order valence-corrected chi connectivity index (χ4v) is 2.73. The Morgan fingerprint density at radius 1 is 1.35 bits per heavy atom. The molecule has 1 heterocycles. The zero-order valence-corrected chi connectivity index (χ0v) is 12.1. The van der Waals surface area contributed by atoms with E-state index in [1.54, 1.807) is 0 Å². The molecule has 108 valence electrons. The first-order valence-corrected chi connectivity index (χ1v) is 7.20. The molecule has 0 saturated heterocycles. The maximum absolute atomic E-state index is 14.2. The van der Waals surface area contributed by atoms with Crippen LogP contribution in [-0.2, 0) is 13.0 Å². The number of aromatic hydroxyl groups is 1. The fourth-order valence-electron chi connectivity index (χ4n) is 2.73. The minimum absolute atomic E-state index is 0.185. The lowest BCUT2D eigenvalue weighted by molar-refractivity contribution is 0.413. The number of hydrogen-bond acceptors (Lipinski definition) is 2. The molecule has 1 N–H and O–H groups in total. The van der Waals surface area contributed by atoms with Crippen molar-refractivity contribution in [2.45, 2.75) is 25.8 Å². The van der Waals surface area contributed by atoms with Crippen LogP contribution in [0.4, 0.5) is 4.39 Å². The molecule has 1 aliphatic rings. The molecule has 0 unspecified atom stereocenters. The molecular weight excluding hydrogens is 255 g/mol. The minimum Gasteiger partial charge on any atom is -0.507 e. The van der Waals surface area contributed by atoms with Crippen molar-refractivity contribution in [3.63, 3.8) is 0 Å². The molecule has 0 radical (unpaired) electrons. The Morgan fingerprint density at radius 2 is 2.10 bits per heavy atom. The van der Waals surface area contributed by atoms with Crippen LogP contribution in [0.25, 0.3) is 10.9 Å². The summed E-state index contributed by atoms with van der Waals surface area (Å²) >= 11 is 0. The Morgan fingerprint density at radius 3 is 2.75 bits per heavy atom. The van der Waals surface area contributed by atoms with Gasteiger partial charge in [-0.05, 0) is 57.0 Å². The second-order valence-corrected chi connectivity index (χ2v) is 6.09. The number of likely N-dealkylation sites (N-methyl/N-ethyl adjacent to an activating group) is 1. The molecule has 1 aromatic heterocycles. The molecule has 0 amide bonds. The highest BCUT2D eigenvalue weighted by atomic mass is 19.1. The van der Waals surface area contributed by atoms with Gasteiger partial charge >= 0.3 is 0 Å². The molecule has 20 heavy (non-hydrogen) atoms. The third-order valence-corrected chi connectivity index (χ3v) is 4.01. The van der Waals surface area contributed by atoms with E-state index in [1.165, 1.54) is 25.0 Å². The molecule has 1 aromatic carbocycles. The highest BCUT2D eigenvalue weighted by Crippen LogP contribution is 2.36. The Bertz CT molecular complexity index is 629. The number of fused-ring (bicyclic) bond motifs is 1. The van der Waals surface area contributed by atoms with Crippen molar-refractivity contribution < 1.29 is 9.50 Å². The number of halogens is 1. The quantitative estimate of drug-likeness (QED) is 0.909. The van der Waals surface area contributed by atoms with Crippen molar-refractivity contribution >= 4 is 10.9 Å². The van der Waals surface area contributed by atoms with Gasteiger partial charge in [0.05, 0.1) is 5.52 Å². The average molecular weight is 276 g/mol. The second-order valence-electron chi connectivity index (χ2n) is 6.09. The van der Waals surface area contributed by atoms with E-state index in [9.17, 15) is 9.50 Å². The van der Waals surface area contributed by atoms with Crippen molar-refractivity contribution in [2.75, 3.05) is 20.6 Å². The van der Waals surface area contributed by atoms with E-state index in [0.717, 1.165) is 25.1 Å². The molecule has 0 spiro atoms. The lowest BCUT2D eigenvalue weighted by Crippen LogP contribution is -2.14. The van der Waals surface area contributed by atoms with E-state index in [0.29, 0.717) is 16.8 Å². The smallest absolute Gasteiger partial charge is 0.147 e. The van der Waals surface area contributed by atoms with Gasteiger partial charge in [-0.2, -0.15) is 0 Å². The molecule has 1 fully saturated rings. The number of phenols is 1. The van der Waals surface area contributed by atoms with E-state index in [-0.39, 0.29) is 11.6 Å². The van der Waals surface area contributed by atoms with Crippen molar-refractivity contribution in [3.05, 3.63) is 29.7 Å². The zero-order valence-electron chi connectivity index (χ0n) is 12.1. The van der Waals surface area contributed by atoms with E-state index >= 15 is 0 Å². The van der Waals surface area contributed by atoms with E-state index < -0.39 is 0 Å². The summed E-state index contributed by atoms with van der Waals surface area (Å²) < 4.78 is 16.2. The fraction of sp³-hybridized carbons (Fsp3) is 0.500. The molecule has 4 heteroatoms. The molecule has 1 saturated carbocycles. The molecule has 3 rings (SSSR count). The van der Waals surface area contributed by atoms with Crippen LogP contribution < -0.4 is 0 Å². The third-order valence-electron chi connectivity index (χ3n) is 4.01. The topological polar surface area (TPSA) is 28.4 Å². The van der Waals surface area contributed by atoms with Gasteiger partial charge in [0.1, 0.15) is 11.6 Å². The maximum atomic E-state index is 14.2. The van der Waals surface area contributed by atoms with Gasteiger partial charge in [-0.15, -0.1) is 0 Å². The number of phenolic OH excluding ortho intramolecular Hbond substituents is 1. The van der Waals surface area contributed by atoms with Gasteiger partial charge in [0.25, 0.3) is 0 Å². The van der Waals surface area contributed by atoms with Crippen LogP contribution in [0.1, 0.15) is 18.4 Å². The van der Waals surface area contributed by atoms with Gasteiger partial charge in [-0.1, -0.05) is 0 Å². The molecule has 0 aliphatic heterocycles. The van der Waals surface area contributed by atoms with Gasteiger partial charge in [0.2, 0.25) is 0 Å². The summed E-state index contributed by atoms with van der Waals surface area (Å²) in [4.78, 5) is 2.10. The Hall–Kier alpha value is -1.55. The van der Waals surface area contributed by atoms with Crippen LogP contribution in [0.5, 0.6) is 5.75 Å². The van der Waals surface area contributed by atoms with Crippen LogP contribution >= 0.6 is 0 Å². The first-order chi connectivity index (χ1) is 9.56. The molecule has 0 atom stereocenters. The monoisotopic (exact) mass is 276 g/mol. The zero-order chi connectivity index (χ0) is 14.3. The second kappa shape index (κ2) is 5.09. The molecular formula is C16H21FN2O. The number of rotatable bonds is 5. The largest absolute Gasteiger partial charge is 0.507 e. The summed E-state index contributed by atoms with van der Waals surface area (Å²) in [6, 6.07) is 2.81. The van der Waals surface area contributed by atoms with Crippen LogP contribution in [0.3, 0.4) is 0 Å². The summed E-state index contributed by atoms with van der Waals surface area (Å²) in [5, 5.41) is 10.8. The van der Waals surface area contributed by atoms with Gasteiger partial charge in [0.15, 0.2) is 0 Å². The number of benzene rings is 1. The van der Waals surface area contributed by atoms with Crippen molar-refractivity contribution in [1.82, 2.24) is 9.47 Å². The Labute approximate surface area is 118 Å². The number of aromatic nitrogens is 1. The molecule has 2 aromatic rings. The number of nitrogens with zero attached hydrogens (tertiary/aromatic N) is 2. The minimum atomic E-state index is -0.241. The van der Waals surface area contributed by atoms with Crippen LogP contribution in [0, 0.1) is 11.7 Å². The van der Waals surface area contributed by atoms with Gasteiger partial charge < -0.3 is 14.6 Å². The van der Waals surface area contributed by atoms with Crippen LogP contribution in [0.2, 0.25) is 0 Å². The molecule has 1 aliphatic carbocycles. The summed E-state index contributed by atoms with van der Waals surface area (Å²) in [5.74, 6) is 0.619. The van der Waals surface area contributed by atoms with Crippen molar-refractivity contribution in [1.29, 1.82) is 0 Å². The summed E-state index contributed by atoms with van der Waals surface area (Å²) in [7, 11) is 4.04. The van der Waals surface area contributed by atoms with Crippen LogP contribution in [0.15, 0.2) is 18.3 Å². The first-order valence-electron chi connectivity index (χ1n) is 7.20. The summed E-state index contributed by atoms with van der Waals surface area (Å²) in [5.41, 5.74) is 1.59.